The summed E-state index contributed by atoms with van der Waals surface area (Å²) in [6.07, 6.45) is 2.02. The van der Waals surface area contributed by atoms with Crippen LogP contribution in [0.15, 0.2) is 12.7 Å². The van der Waals surface area contributed by atoms with Crippen LogP contribution in [-0.2, 0) is 5.54 Å². The molecule has 7 heteroatoms. The summed E-state index contributed by atoms with van der Waals surface area (Å²) in [7, 11) is 0. The van der Waals surface area contributed by atoms with E-state index in [1.165, 1.54) is 4.90 Å². The highest BCUT2D eigenvalue weighted by Crippen LogP contribution is 2.49. The Bertz CT molecular complexity index is 370. The van der Waals surface area contributed by atoms with E-state index in [1.807, 2.05) is 0 Å². The van der Waals surface area contributed by atoms with Crippen molar-refractivity contribution in [2.24, 2.45) is 0 Å². The van der Waals surface area contributed by atoms with Crippen molar-refractivity contribution in [3.05, 3.63) is 18.5 Å². The Labute approximate surface area is 85.8 Å². The minimum Gasteiger partial charge on any atom is -0.465 e. The van der Waals surface area contributed by atoms with E-state index in [2.05, 4.69) is 27.2 Å². The number of nitrogens with zero attached hydrogens (tertiary/aromatic N) is 4. The number of hydrogen-bond donors (Lipinski definition) is 2. The smallest absolute Gasteiger partial charge is 0.408 e. The molecule has 0 radical (unpaired) electrons. The van der Waals surface area contributed by atoms with Gasteiger partial charge in [-0.1, -0.05) is 11.3 Å². The number of carboxylic acid groups (broad SMARTS) is 1. The van der Waals surface area contributed by atoms with E-state index in [0.29, 0.717) is 5.82 Å². The summed E-state index contributed by atoms with van der Waals surface area (Å²) in [5, 5.41) is 22.6. The average molecular weight is 209 g/mol. The Morgan fingerprint density at radius 3 is 2.87 bits per heavy atom. The Kier molecular flexibility index (Phi) is 2.14. The van der Waals surface area contributed by atoms with Crippen molar-refractivity contribution in [2.75, 3.05) is 6.54 Å². The summed E-state index contributed by atoms with van der Waals surface area (Å²) in [5.74, 6) is 0.437. The number of aromatic nitrogens is 4. The van der Waals surface area contributed by atoms with Crippen LogP contribution in [0.5, 0.6) is 0 Å². The van der Waals surface area contributed by atoms with Crippen LogP contribution in [0.25, 0.3) is 0 Å². The normalized spacial score (nSPS) is 17.1. The molecule has 0 aliphatic heterocycles. The number of nitrogens with one attached hydrogen (secondary N) is 1. The molecule has 0 aromatic carbocycles. The lowest BCUT2D eigenvalue weighted by atomic mass is 10.2. The molecule has 1 aliphatic carbocycles. The molecule has 1 amide bonds. The standard InChI is InChI=1S/C8H11N5O2/c1-2-5-13(7(14)15)8(3-4-8)6-9-11-12-10-6/h2H,1,3-5H2,(H,14,15)(H,9,10,11,12). The number of tetrazole rings is 1. The number of H-pyrrole nitrogens is 1. The Morgan fingerprint density at radius 1 is 1.73 bits per heavy atom. The van der Waals surface area contributed by atoms with Crippen molar-refractivity contribution < 1.29 is 9.90 Å². The largest absolute Gasteiger partial charge is 0.465 e. The van der Waals surface area contributed by atoms with Gasteiger partial charge >= 0.3 is 6.09 Å². The van der Waals surface area contributed by atoms with Gasteiger partial charge in [-0.05, 0) is 12.8 Å². The van der Waals surface area contributed by atoms with Crippen LogP contribution in [0.2, 0.25) is 0 Å². The molecule has 0 saturated heterocycles. The van der Waals surface area contributed by atoms with Crippen molar-refractivity contribution in [1.29, 1.82) is 0 Å². The molecule has 1 fully saturated rings. The fraction of sp³-hybridized carbons (Fsp3) is 0.500. The van der Waals surface area contributed by atoms with Gasteiger partial charge in [-0.15, -0.1) is 16.8 Å². The molecule has 1 saturated carbocycles. The van der Waals surface area contributed by atoms with Gasteiger partial charge in [0.15, 0.2) is 5.82 Å². The van der Waals surface area contributed by atoms with E-state index in [4.69, 9.17) is 5.11 Å². The summed E-state index contributed by atoms with van der Waals surface area (Å²) in [6.45, 7) is 3.80. The fourth-order valence-electron chi connectivity index (χ4n) is 1.66. The molecule has 2 N–H and O–H groups in total. The van der Waals surface area contributed by atoms with Gasteiger partial charge in [0.05, 0.1) is 0 Å². The first-order chi connectivity index (χ1) is 7.20. The molecule has 0 bridgehead atoms. The monoisotopic (exact) mass is 209 g/mol. The van der Waals surface area contributed by atoms with Gasteiger partial charge in [0.1, 0.15) is 5.54 Å². The fourth-order valence-corrected chi connectivity index (χ4v) is 1.66. The van der Waals surface area contributed by atoms with Crippen molar-refractivity contribution >= 4 is 6.09 Å². The molecule has 1 aromatic rings. The zero-order chi connectivity index (χ0) is 10.9. The molecule has 1 heterocycles. The third kappa shape index (κ3) is 1.45. The summed E-state index contributed by atoms with van der Waals surface area (Å²) >= 11 is 0. The van der Waals surface area contributed by atoms with Gasteiger partial charge < -0.3 is 5.11 Å². The summed E-state index contributed by atoms with van der Waals surface area (Å²) < 4.78 is 0. The second-order valence-electron chi connectivity index (χ2n) is 3.45. The van der Waals surface area contributed by atoms with Crippen LogP contribution in [0.1, 0.15) is 18.7 Å². The lowest BCUT2D eigenvalue weighted by molar-refractivity contribution is 0.121. The molecule has 7 nitrogen and oxygen atoms in total. The van der Waals surface area contributed by atoms with Crippen LogP contribution in [0.3, 0.4) is 0 Å². The lowest BCUT2D eigenvalue weighted by Crippen LogP contribution is -2.40. The van der Waals surface area contributed by atoms with Crippen molar-refractivity contribution in [3.8, 4) is 0 Å². The number of amides is 1. The summed E-state index contributed by atoms with van der Waals surface area (Å²) in [5.41, 5.74) is -0.590. The quantitative estimate of drug-likeness (QED) is 0.698. The maximum absolute atomic E-state index is 11.1. The number of aromatic amines is 1. The highest BCUT2D eigenvalue weighted by Gasteiger charge is 2.54. The molecule has 15 heavy (non-hydrogen) atoms. The third-order valence-electron chi connectivity index (χ3n) is 2.54. The first-order valence-corrected chi connectivity index (χ1v) is 4.56. The molecule has 0 atom stereocenters. The molecule has 1 aliphatic rings. The van der Waals surface area contributed by atoms with E-state index in [9.17, 15) is 4.79 Å². The van der Waals surface area contributed by atoms with Crippen LogP contribution in [0, 0.1) is 0 Å². The predicted molar refractivity (Wildman–Crippen MR) is 50.0 cm³/mol. The average Bonchev–Trinajstić information content (AvgIpc) is 2.79. The lowest BCUT2D eigenvalue weighted by Gasteiger charge is -2.25. The van der Waals surface area contributed by atoms with Gasteiger partial charge in [0.2, 0.25) is 0 Å². The van der Waals surface area contributed by atoms with Gasteiger partial charge in [0, 0.05) is 6.54 Å². The van der Waals surface area contributed by atoms with Crippen molar-refractivity contribution in [2.45, 2.75) is 18.4 Å². The summed E-state index contributed by atoms with van der Waals surface area (Å²) in [6, 6.07) is 0. The van der Waals surface area contributed by atoms with Gasteiger partial charge in [-0.2, -0.15) is 5.21 Å². The van der Waals surface area contributed by atoms with Crippen LogP contribution in [-0.4, -0.2) is 43.3 Å². The highest BCUT2D eigenvalue weighted by atomic mass is 16.4. The molecule has 1 aromatic heterocycles. The second-order valence-corrected chi connectivity index (χ2v) is 3.45. The maximum atomic E-state index is 11.1. The topological polar surface area (TPSA) is 95.0 Å². The van der Waals surface area contributed by atoms with E-state index >= 15 is 0 Å². The maximum Gasteiger partial charge on any atom is 0.408 e. The van der Waals surface area contributed by atoms with E-state index < -0.39 is 11.6 Å². The predicted octanol–water partition coefficient (Wildman–Crippen LogP) is 0.355. The number of carbonyl (C=O) groups is 1. The first-order valence-electron chi connectivity index (χ1n) is 4.56. The molecule has 2 rings (SSSR count). The molecule has 80 valence electrons. The molecule has 0 spiro atoms. The Balaban J connectivity index is 2.27. The SMILES string of the molecule is C=CCN(C(=O)O)C1(c2nn[nH]n2)CC1. The number of hydrogen-bond acceptors (Lipinski definition) is 4. The number of rotatable bonds is 4. The molecule has 0 unspecified atom stereocenters. The first kappa shape index (κ1) is 9.63. The van der Waals surface area contributed by atoms with E-state index in [-0.39, 0.29) is 6.54 Å². The van der Waals surface area contributed by atoms with E-state index in [1.54, 1.807) is 6.08 Å². The highest BCUT2D eigenvalue weighted by molar-refractivity contribution is 5.67. The zero-order valence-electron chi connectivity index (χ0n) is 8.05. The second kappa shape index (κ2) is 3.34. The summed E-state index contributed by atoms with van der Waals surface area (Å²) in [4.78, 5) is 12.4. The minimum absolute atomic E-state index is 0.268. The zero-order valence-corrected chi connectivity index (χ0v) is 8.05. The van der Waals surface area contributed by atoms with Crippen LogP contribution >= 0.6 is 0 Å². The van der Waals surface area contributed by atoms with Crippen molar-refractivity contribution in [3.63, 3.8) is 0 Å². The molecular weight excluding hydrogens is 198 g/mol. The Morgan fingerprint density at radius 2 is 2.47 bits per heavy atom. The molecular formula is C8H11N5O2. The van der Waals surface area contributed by atoms with Crippen LogP contribution < -0.4 is 0 Å². The van der Waals surface area contributed by atoms with Gasteiger partial charge in [0.25, 0.3) is 0 Å². The van der Waals surface area contributed by atoms with Crippen molar-refractivity contribution in [1.82, 2.24) is 25.5 Å². The van der Waals surface area contributed by atoms with E-state index in [0.717, 1.165) is 12.8 Å². The van der Waals surface area contributed by atoms with Crippen LogP contribution in [0.4, 0.5) is 4.79 Å². The Hall–Kier alpha value is -1.92. The van der Waals surface area contributed by atoms with Gasteiger partial charge in [-0.25, -0.2) is 4.79 Å². The van der Waals surface area contributed by atoms with Gasteiger partial charge in [-0.3, -0.25) is 4.90 Å². The third-order valence-corrected chi connectivity index (χ3v) is 2.54. The minimum atomic E-state index is -0.989.